The zero-order valence-corrected chi connectivity index (χ0v) is 17.7. The number of halogens is 1. The Morgan fingerprint density at radius 2 is 1.63 bits per heavy atom. The molecule has 0 spiro atoms. The number of rotatable bonds is 6. The van der Waals surface area contributed by atoms with Crippen LogP contribution in [-0.4, -0.2) is 31.1 Å². The first kappa shape index (κ1) is 21.8. The number of esters is 2. The van der Waals surface area contributed by atoms with Crippen LogP contribution in [0.1, 0.15) is 37.3 Å². The van der Waals surface area contributed by atoms with Crippen LogP contribution >= 0.6 is 11.6 Å². The van der Waals surface area contributed by atoms with Crippen LogP contribution in [0.25, 0.3) is 0 Å². The summed E-state index contributed by atoms with van der Waals surface area (Å²) in [5.74, 6) is -2.55. The lowest BCUT2D eigenvalue weighted by Gasteiger charge is -2.38. The first-order valence-electron chi connectivity index (χ1n) is 9.90. The number of hydrogen-bond acceptors (Lipinski definition) is 5. The van der Waals surface area contributed by atoms with Gasteiger partial charge in [0.1, 0.15) is 0 Å². The highest BCUT2D eigenvalue weighted by atomic mass is 35.5. The minimum Gasteiger partial charge on any atom is -0.465 e. The fourth-order valence-corrected chi connectivity index (χ4v) is 4.21. The zero-order chi connectivity index (χ0) is 21.7. The number of amides is 1. The minimum absolute atomic E-state index is 0.0652. The van der Waals surface area contributed by atoms with Gasteiger partial charge in [-0.3, -0.25) is 14.4 Å². The molecule has 2 aromatic carbocycles. The largest absolute Gasteiger partial charge is 0.465 e. The second-order valence-electron chi connectivity index (χ2n) is 7.12. The molecule has 3 rings (SSSR count). The van der Waals surface area contributed by atoms with Crippen LogP contribution in [0.2, 0.25) is 5.02 Å². The molecular formula is C23H24ClNO5. The molecule has 0 bridgehead atoms. The number of carbonyl (C=O) groups is 3. The summed E-state index contributed by atoms with van der Waals surface area (Å²) >= 11 is 6.45. The van der Waals surface area contributed by atoms with Crippen molar-refractivity contribution in [1.29, 1.82) is 0 Å². The van der Waals surface area contributed by atoms with Gasteiger partial charge < -0.3 is 14.8 Å². The maximum absolute atomic E-state index is 13.3. The van der Waals surface area contributed by atoms with Crippen LogP contribution in [0.4, 0.5) is 5.69 Å². The molecule has 1 aliphatic carbocycles. The Balaban J connectivity index is 2.07. The number of hydrogen-bond donors (Lipinski definition) is 1. The van der Waals surface area contributed by atoms with Gasteiger partial charge in [-0.25, -0.2) is 0 Å². The summed E-state index contributed by atoms with van der Waals surface area (Å²) in [6.07, 6.45) is -0.0181. The first-order chi connectivity index (χ1) is 14.4. The molecule has 0 aliphatic heterocycles. The second kappa shape index (κ2) is 9.30. The molecule has 1 amide bonds. The predicted octanol–water partition coefficient (Wildman–Crippen LogP) is 4.12. The van der Waals surface area contributed by atoms with Crippen molar-refractivity contribution in [3.05, 3.63) is 64.7 Å². The van der Waals surface area contributed by atoms with Gasteiger partial charge in [0.25, 0.3) is 0 Å². The molecule has 30 heavy (non-hydrogen) atoms. The van der Waals surface area contributed by atoms with Gasteiger partial charge >= 0.3 is 11.9 Å². The highest BCUT2D eigenvalue weighted by molar-refractivity contribution is 6.32. The molecule has 0 fully saturated rings. The Morgan fingerprint density at radius 3 is 2.23 bits per heavy atom. The van der Waals surface area contributed by atoms with Crippen LogP contribution < -0.4 is 5.32 Å². The number of nitrogens with one attached hydrogen (secondary N) is 1. The smallest absolute Gasteiger partial charge is 0.323 e. The van der Waals surface area contributed by atoms with Gasteiger partial charge in [-0.2, -0.15) is 0 Å². The third-order valence-corrected chi connectivity index (χ3v) is 5.56. The van der Waals surface area contributed by atoms with E-state index in [4.69, 9.17) is 21.1 Å². The summed E-state index contributed by atoms with van der Waals surface area (Å²) in [4.78, 5) is 39.2. The number of ether oxygens (including phenoxy) is 2. The second-order valence-corrected chi connectivity index (χ2v) is 7.53. The summed E-state index contributed by atoms with van der Waals surface area (Å²) in [6.45, 7) is 3.57. The van der Waals surface area contributed by atoms with E-state index >= 15 is 0 Å². The highest BCUT2D eigenvalue weighted by Crippen LogP contribution is 2.47. The van der Waals surface area contributed by atoms with Crippen LogP contribution in [0, 0.1) is 5.41 Å². The number of fused-ring (bicyclic) bond motifs is 1. The Morgan fingerprint density at radius 1 is 1.00 bits per heavy atom. The van der Waals surface area contributed by atoms with Crippen LogP contribution in [-0.2, 0) is 30.3 Å². The maximum atomic E-state index is 13.3. The molecule has 7 heteroatoms. The van der Waals surface area contributed by atoms with Crippen LogP contribution in [0.3, 0.4) is 0 Å². The normalized spacial score (nSPS) is 16.8. The van der Waals surface area contributed by atoms with E-state index in [1.807, 2.05) is 6.07 Å². The topological polar surface area (TPSA) is 81.7 Å². The van der Waals surface area contributed by atoms with Crippen molar-refractivity contribution in [2.45, 2.75) is 32.6 Å². The molecule has 0 radical (unpaired) electrons. The van der Waals surface area contributed by atoms with E-state index in [0.29, 0.717) is 21.8 Å². The molecule has 1 atom stereocenters. The summed E-state index contributed by atoms with van der Waals surface area (Å²) < 4.78 is 10.5. The third kappa shape index (κ3) is 4.19. The van der Waals surface area contributed by atoms with E-state index in [9.17, 15) is 14.4 Å². The van der Waals surface area contributed by atoms with Crippen molar-refractivity contribution in [2.24, 2.45) is 5.41 Å². The average Bonchev–Trinajstić information content (AvgIpc) is 2.74. The molecule has 1 N–H and O–H groups in total. The third-order valence-electron chi connectivity index (χ3n) is 5.23. The molecule has 2 aromatic rings. The van der Waals surface area contributed by atoms with E-state index in [2.05, 4.69) is 5.32 Å². The lowest BCUT2D eigenvalue weighted by Crippen LogP contribution is -2.48. The lowest BCUT2D eigenvalue weighted by atomic mass is 9.66. The monoisotopic (exact) mass is 429 g/mol. The van der Waals surface area contributed by atoms with Crippen LogP contribution in [0.5, 0.6) is 0 Å². The molecule has 0 saturated carbocycles. The molecule has 0 aromatic heterocycles. The quantitative estimate of drug-likeness (QED) is 0.551. The highest BCUT2D eigenvalue weighted by Gasteiger charge is 2.55. The number of anilines is 1. The lowest BCUT2D eigenvalue weighted by molar-refractivity contribution is -0.173. The van der Waals surface area contributed by atoms with E-state index in [1.165, 1.54) is 0 Å². The minimum atomic E-state index is -1.61. The number of para-hydroxylation sites is 1. The van der Waals surface area contributed by atoms with Crippen molar-refractivity contribution >= 4 is 35.1 Å². The van der Waals surface area contributed by atoms with Crippen molar-refractivity contribution in [1.82, 2.24) is 0 Å². The van der Waals surface area contributed by atoms with Gasteiger partial charge in [0.15, 0.2) is 5.41 Å². The zero-order valence-electron chi connectivity index (χ0n) is 16.9. The van der Waals surface area contributed by atoms with Crippen LogP contribution in [0.15, 0.2) is 48.5 Å². The summed E-state index contributed by atoms with van der Waals surface area (Å²) in [5.41, 5.74) is 0.280. The van der Waals surface area contributed by atoms with Gasteiger partial charge in [-0.15, -0.1) is 0 Å². The van der Waals surface area contributed by atoms with Crippen molar-refractivity contribution < 1.29 is 23.9 Å². The van der Waals surface area contributed by atoms with Crippen molar-refractivity contribution in [3.8, 4) is 0 Å². The first-order valence-corrected chi connectivity index (χ1v) is 10.3. The Bertz CT molecular complexity index is 926. The predicted molar refractivity (Wildman–Crippen MR) is 113 cm³/mol. The van der Waals surface area contributed by atoms with E-state index < -0.39 is 23.3 Å². The van der Waals surface area contributed by atoms with E-state index in [-0.39, 0.29) is 32.0 Å². The van der Waals surface area contributed by atoms with Gasteiger partial charge in [0, 0.05) is 10.7 Å². The van der Waals surface area contributed by atoms with Gasteiger partial charge in [0.2, 0.25) is 5.91 Å². The average molecular weight is 430 g/mol. The molecular weight excluding hydrogens is 406 g/mol. The molecule has 1 aliphatic rings. The van der Waals surface area contributed by atoms with Gasteiger partial charge in [-0.05, 0) is 56.0 Å². The SMILES string of the molecule is CCOC(=O)C1(C(=O)OCC)Cc2cccc(Cl)c2C(C(=O)Nc2ccccc2)C1. The van der Waals surface area contributed by atoms with E-state index in [0.717, 1.165) is 0 Å². The molecule has 6 nitrogen and oxygen atoms in total. The van der Waals surface area contributed by atoms with E-state index in [1.54, 1.807) is 56.3 Å². The summed E-state index contributed by atoms with van der Waals surface area (Å²) in [6, 6.07) is 14.2. The molecule has 1 unspecified atom stereocenters. The van der Waals surface area contributed by atoms with Gasteiger partial charge in [0.05, 0.1) is 19.1 Å². The Kier molecular flexibility index (Phi) is 6.77. The Labute approximate surface area is 180 Å². The molecule has 158 valence electrons. The van der Waals surface area contributed by atoms with Crippen molar-refractivity contribution in [3.63, 3.8) is 0 Å². The fraction of sp³-hybridized carbons (Fsp3) is 0.348. The standard InChI is InChI=1S/C23H24ClNO5/c1-3-29-21(27)23(22(28)30-4-2)13-15-9-8-12-18(24)19(15)17(14-23)20(26)25-16-10-6-5-7-11-16/h5-12,17H,3-4,13-14H2,1-2H3,(H,25,26). The summed E-state index contributed by atoms with van der Waals surface area (Å²) in [7, 11) is 0. The fourth-order valence-electron chi connectivity index (χ4n) is 3.88. The number of benzene rings is 2. The van der Waals surface area contributed by atoms with Gasteiger partial charge in [-0.1, -0.05) is 41.9 Å². The Hall–Kier alpha value is -2.86. The van der Waals surface area contributed by atoms with Crippen molar-refractivity contribution in [2.75, 3.05) is 18.5 Å². The molecule has 0 heterocycles. The maximum Gasteiger partial charge on any atom is 0.323 e. The summed E-state index contributed by atoms with van der Waals surface area (Å²) in [5, 5.41) is 3.28. The number of carbonyl (C=O) groups excluding carboxylic acids is 3. The molecule has 0 saturated heterocycles.